The topological polar surface area (TPSA) is 49.8 Å². The molecule has 4 nitrogen and oxygen atoms in total. The van der Waals surface area contributed by atoms with E-state index in [-0.39, 0.29) is 17.0 Å². The van der Waals surface area contributed by atoms with E-state index < -0.39 is 8.32 Å². The van der Waals surface area contributed by atoms with Crippen LogP contribution in [0.15, 0.2) is 48.5 Å². The molecule has 0 radical (unpaired) electrons. The van der Waals surface area contributed by atoms with Crippen LogP contribution in [-0.4, -0.2) is 43.4 Å². The summed E-state index contributed by atoms with van der Waals surface area (Å²) in [6.45, 7) is 12.5. The summed E-state index contributed by atoms with van der Waals surface area (Å²) in [5, 5.41) is 9.79. The lowest BCUT2D eigenvalue weighted by molar-refractivity contribution is 0.0546. The average molecular weight is 412 g/mol. The summed E-state index contributed by atoms with van der Waals surface area (Å²) in [5.41, 5.74) is 2.88. The molecule has 0 atom stereocenters. The van der Waals surface area contributed by atoms with Gasteiger partial charge in [-0.1, -0.05) is 45.0 Å². The van der Waals surface area contributed by atoms with Crippen LogP contribution in [0.4, 0.5) is 0 Å². The molecule has 0 spiro atoms. The highest BCUT2D eigenvalue weighted by molar-refractivity contribution is 6.74. The molecule has 1 N–H and O–H groups in total. The monoisotopic (exact) mass is 411 g/mol. The third kappa shape index (κ3) is 5.09. The van der Waals surface area contributed by atoms with E-state index in [9.17, 15) is 9.90 Å². The van der Waals surface area contributed by atoms with Gasteiger partial charge in [0.25, 0.3) is 5.91 Å². The molecule has 1 fully saturated rings. The molecule has 29 heavy (non-hydrogen) atoms. The first kappa shape index (κ1) is 21.6. The quantitative estimate of drug-likeness (QED) is 0.691. The molecule has 0 bridgehead atoms. The van der Waals surface area contributed by atoms with Gasteiger partial charge >= 0.3 is 0 Å². The van der Waals surface area contributed by atoms with Crippen LogP contribution in [0, 0.1) is 0 Å². The smallest absolute Gasteiger partial charge is 0.253 e. The summed E-state index contributed by atoms with van der Waals surface area (Å²) in [4.78, 5) is 14.5. The van der Waals surface area contributed by atoms with Crippen molar-refractivity contribution in [1.29, 1.82) is 0 Å². The van der Waals surface area contributed by atoms with Crippen LogP contribution in [-0.2, 0) is 0 Å². The van der Waals surface area contributed by atoms with Gasteiger partial charge in [-0.3, -0.25) is 4.79 Å². The van der Waals surface area contributed by atoms with Crippen molar-refractivity contribution in [1.82, 2.24) is 4.90 Å². The minimum atomic E-state index is -1.84. The van der Waals surface area contributed by atoms with Crippen molar-refractivity contribution >= 4 is 14.2 Å². The van der Waals surface area contributed by atoms with Gasteiger partial charge in [-0.2, -0.15) is 0 Å². The summed E-state index contributed by atoms with van der Waals surface area (Å²) >= 11 is 0. The molecule has 1 aliphatic rings. The Balaban J connectivity index is 1.68. The van der Waals surface area contributed by atoms with Crippen molar-refractivity contribution in [2.24, 2.45) is 0 Å². The molecule has 0 aromatic heterocycles. The van der Waals surface area contributed by atoms with Gasteiger partial charge in [-0.25, -0.2) is 0 Å². The van der Waals surface area contributed by atoms with Crippen molar-refractivity contribution in [3.8, 4) is 16.9 Å². The molecule has 5 heteroatoms. The van der Waals surface area contributed by atoms with E-state index in [0.29, 0.717) is 31.5 Å². The Hall–Kier alpha value is -2.11. The SMILES string of the molecule is CC(C)(C)[Si](C)(C)Oc1ccc(-c2ccc(C(=O)N3CCC(O)CC3)cc2)cc1. The van der Waals surface area contributed by atoms with Crippen LogP contribution in [0.5, 0.6) is 5.75 Å². The van der Waals surface area contributed by atoms with Crippen LogP contribution < -0.4 is 4.43 Å². The third-order valence-electron chi connectivity index (χ3n) is 6.25. The van der Waals surface area contributed by atoms with E-state index in [1.165, 1.54) is 0 Å². The molecule has 0 aliphatic carbocycles. The number of hydrogen-bond acceptors (Lipinski definition) is 3. The molecular formula is C24H33NO3Si. The fraction of sp³-hybridized carbons (Fsp3) is 0.458. The van der Waals surface area contributed by atoms with Gasteiger partial charge in [0.15, 0.2) is 0 Å². The molecular weight excluding hydrogens is 378 g/mol. The fourth-order valence-corrected chi connectivity index (χ4v) is 4.25. The van der Waals surface area contributed by atoms with Crippen molar-refractivity contribution < 1.29 is 14.3 Å². The van der Waals surface area contributed by atoms with Gasteiger partial charge in [0, 0.05) is 18.7 Å². The van der Waals surface area contributed by atoms with Crippen LogP contribution in [0.2, 0.25) is 18.1 Å². The fourth-order valence-electron chi connectivity index (χ4n) is 3.22. The Morgan fingerprint density at radius 2 is 1.45 bits per heavy atom. The average Bonchev–Trinajstić information content (AvgIpc) is 2.68. The first-order chi connectivity index (χ1) is 13.6. The summed E-state index contributed by atoms with van der Waals surface area (Å²) in [6.07, 6.45) is 1.05. The molecule has 156 valence electrons. The maximum atomic E-state index is 12.6. The van der Waals surface area contributed by atoms with Crippen molar-refractivity contribution in [3.05, 3.63) is 54.1 Å². The molecule has 0 saturated carbocycles. The molecule has 0 unspecified atom stereocenters. The van der Waals surface area contributed by atoms with Gasteiger partial charge in [0.2, 0.25) is 8.32 Å². The zero-order valence-electron chi connectivity index (χ0n) is 18.2. The third-order valence-corrected chi connectivity index (χ3v) is 10.6. The number of carbonyl (C=O) groups excluding carboxylic acids is 1. The lowest BCUT2D eigenvalue weighted by Gasteiger charge is -2.36. The number of amides is 1. The predicted octanol–water partition coefficient (Wildman–Crippen LogP) is 5.33. The standard InChI is InChI=1S/C24H33NO3Si/c1-24(2,3)29(4,5)28-22-12-10-19(11-13-22)18-6-8-20(9-7-18)23(27)25-16-14-21(26)15-17-25/h6-13,21,26H,14-17H2,1-5H3. The molecule has 2 aromatic rings. The normalized spacial score (nSPS) is 16.0. The number of likely N-dealkylation sites (tertiary alicyclic amines) is 1. The maximum Gasteiger partial charge on any atom is 0.253 e. The minimum absolute atomic E-state index is 0.0431. The Bertz CT molecular complexity index is 830. The van der Waals surface area contributed by atoms with Crippen molar-refractivity contribution in [2.45, 2.75) is 57.8 Å². The highest BCUT2D eigenvalue weighted by atomic mass is 28.4. The number of aliphatic hydroxyl groups is 1. The molecule has 1 heterocycles. The second-order valence-corrected chi connectivity index (χ2v) is 14.2. The van der Waals surface area contributed by atoms with Gasteiger partial charge in [-0.15, -0.1) is 0 Å². The molecule has 1 saturated heterocycles. The van der Waals surface area contributed by atoms with E-state index in [1.807, 2.05) is 41.3 Å². The van der Waals surface area contributed by atoms with E-state index in [1.54, 1.807) is 0 Å². The molecule has 2 aromatic carbocycles. The maximum absolute atomic E-state index is 12.6. The Labute approximate surface area is 175 Å². The molecule has 1 amide bonds. The highest BCUT2D eigenvalue weighted by Crippen LogP contribution is 2.37. The number of nitrogens with zero attached hydrogens (tertiary/aromatic N) is 1. The van der Waals surface area contributed by atoms with Crippen molar-refractivity contribution in [3.63, 3.8) is 0 Å². The second-order valence-electron chi connectivity index (χ2n) is 9.49. The first-order valence-electron chi connectivity index (χ1n) is 10.4. The van der Waals surface area contributed by atoms with E-state index in [4.69, 9.17) is 4.43 Å². The van der Waals surface area contributed by atoms with Crippen LogP contribution in [0.3, 0.4) is 0 Å². The minimum Gasteiger partial charge on any atom is -0.544 e. The summed E-state index contributed by atoms with van der Waals surface area (Å²) < 4.78 is 6.35. The van der Waals surface area contributed by atoms with Crippen LogP contribution in [0.1, 0.15) is 44.0 Å². The van der Waals surface area contributed by atoms with Crippen LogP contribution in [0.25, 0.3) is 11.1 Å². The Morgan fingerprint density at radius 1 is 0.966 bits per heavy atom. The number of carbonyl (C=O) groups is 1. The van der Waals surface area contributed by atoms with Crippen molar-refractivity contribution in [2.75, 3.05) is 13.1 Å². The Morgan fingerprint density at radius 3 is 1.93 bits per heavy atom. The first-order valence-corrected chi connectivity index (χ1v) is 13.3. The number of benzene rings is 2. The number of rotatable bonds is 4. The van der Waals surface area contributed by atoms with Gasteiger partial charge in [0.1, 0.15) is 5.75 Å². The summed E-state index contributed by atoms with van der Waals surface area (Å²) in [7, 11) is -1.84. The number of hydrogen-bond donors (Lipinski definition) is 1. The van der Waals surface area contributed by atoms with E-state index in [0.717, 1.165) is 16.9 Å². The number of aliphatic hydroxyl groups excluding tert-OH is 1. The summed E-state index contributed by atoms with van der Waals surface area (Å²) in [6, 6.07) is 16.0. The van der Waals surface area contributed by atoms with Gasteiger partial charge < -0.3 is 14.4 Å². The zero-order valence-corrected chi connectivity index (χ0v) is 19.2. The van der Waals surface area contributed by atoms with E-state index >= 15 is 0 Å². The largest absolute Gasteiger partial charge is 0.544 e. The predicted molar refractivity (Wildman–Crippen MR) is 121 cm³/mol. The lowest BCUT2D eigenvalue weighted by Crippen LogP contribution is -2.43. The zero-order chi connectivity index (χ0) is 21.2. The van der Waals surface area contributed by atoms with Gasteiger partial charge in [0.05, 0.1) is 6.10 Å². The molecule has 1 aliphatic heterocycles. The molecule has 3 rings (SSSR count). The Kier molecular flexibility index (Phi) is 6.20. The highest BCUT2D eigenvalue weighted by Gasteiger charge is 2.38. The lowest BCUT2D eigenvalue weighted by atomic mass is 10.0. The van der Waals surface area contributed by atoms with Crippen LogP contribution >= 0.6 is 0 Å². The van der Waals surface area contributed by atoms with E-state index in [2.05, 4.69) is 46.0 Å². The second kappa shape index (κ2) is 8.32. The number of piperidine rings is 1. The summed E-state index contributed by atoms with van der Waals surface area (Å²) in [5.74, 6) is 0.959. The van der Waals surface area contributed by atoms with Gasteiger partial charge in [-0.05, 0) is 66.4 Å².